The van der Waals surface area contributed by atoms with Gasteiger partial charge in [0.05, 0.1) is 6.10 Å². The molecular formula is C10H18O. The Bertz CT molecular complexity index is 147. The number of rotatable bonds is 3. The Kier molecular flexibility index (Phi) is 3.13. The summed E-state index contributed by atoms with van der Waals surface area (Å²) in [5, 5.41) is 0. The number of hydrogen-bond donors (Lipinski definition) is 0. The first-order valence-corrected chi connectivity index (χ1v) is 4.48. The minimum Gasteiger partial charge on any atom is -0.374 e. The van der Waals surface area contributed by atoms with Gasteiger partial charge in [0.1, 0.15) is 0 Å². The Morgan fingerprint density at radius 3 is 2.82 bits per heavy atom. The second-order valence-corrected chi connectivity index (χ2v) is 3.74. The van der Waals surface area contributed by atoms with Gasteiger partial charge in [-0.05, 0) is 31.3 Å². The summed E-state index contributed by atoms with van der Waals surface area (Å²) in [6, 6.07) is 0. The Labute approximate surface area is 69.4 Å². The van der Waals surface area contributed by atoms with Gasteiger partial charge in [0.15, 0.2) is 0 Å². The molecule has 0 saturated heterocycles. The average Bonchev–Trinajstić information content (AvgIpc) is 2.31. The van der Waals surface area contributed by atoms with E-state index < -0.39 is 0 Å². The second-order valence-electron chi connectivity index (χ2n) is 3.74. The van der Waals surface area contributed by atoms with Crippen molar-refractivity contribution in [1.82, 2.24) is 0 Å². The molecule has 0 N–H and O–H groups in total. The van der Waals surface area contributed by atoms with E-state index in [9.17, 15) is 0 Å². The number of allylic oxidation sites excluding steroid dienone is 1. The van der Waals surface area contributed by atoms with Crippen LogP contribution in [0.2, 0.25) is 0 Å². The Morgan fingerprint density at radius 2 is 2.36 bits per heavy atom. The lowest BCUT2D eigenvalue weighted by molar-refractivity contribution is 0.0589. The minimum atomic E-state index is 0.428. The lowest BCUT2D eigenvalue weighted by Crippen LogP contribution is -2.14. The molecule has 1 nitrogen and oxygen atoms in total. The third kappa shape index (κ3) is 2.66. The summed E-state index contributed by atoms with van der Waals surface area (Å²) in [5.41, 5.74) is 1.42. The standard InChI is InChI=1S/C10H18O/c1-8(2)7-11-10-6-4-5-9(10)3/h5,8,10H,4,6-7H2,1-3H3. The van der Waals surface area contributed by atoms with Crippen LogP contribution in [0.25, 0.3) is 0 Å². The molecule has 0 aromatic rings. The molecule has 1 aliphatic carbocycles. The van der Waals surface area contributed by atoms with E-state index in [0.29, 0.717) is 12.0 Å². The molecule has 0 aromatic carbocycles. The van der Waals surface area contributed by atoms with E-state index in [2.05, 4.69) is 26.8 Å². The molecule has 0 bridgehead atoms. The van der Waals surface area contributed by atoms with Crippen molar-refractivity contribution in [3.63, 3.8) is 0 Å². The molecule has 64 valence electrons. The van der Waals surface area contributed by atoms with E-state index in [4.69, 9.17) is 4.74 Å². The highest BCUT2D eigenvalue weighted by molar-refractivity contribution is 5.11. The van der Waals surface area contributed by atoms with Crippen LogP contribution in [0.4, 0.5) is 0 Å². The Balaban J connectivity index is 2.22. The second kappa shape index (κ2) is 3.91. The maximum atomic E-state index is 5.71. The zero-order chi connectivity index (χ0) is 8.27. The minimum absolute atomic E-state index is 0.428. The van der Waals surface area contributed by atoms with Gasteiger partial charge in [-0.1, -0.05) is 19.9 Å². The van der Waals surface area contributed by atoms with Crippen molar-refractivity contribution < 1.29 is 4.74 Å². The molecule has 1 atom stereocenters. The van der Waals surface area contributed by atoms with Crippen molar-refractivity contribution in [2.45, 2.75) is 39.7 Å². The molecule has 0 fully saturated rings. The monoisotopic (exact) mass is 154 g/mol. The molecule has 0 amide bonds. The molecule has 1 aliphatic rings. The highest BCUT2D eigenvalue weighted by Crippen LogP contribution is 2.21. The summed E-state index contributed by atoms with van der Waals surface area (Å²) in [6.07, 6.45) is 5.11. The van der Waals surface area contributed by atoms with E-state index in [1.807, 2.05) is 0 Å². The molecule has 0 spiro atoms. The molecular weight excluding hydrogens is 136 g/mol. The average molecular weight is 154 g/mol. The SMILES string of the molecule is CC1=CCCC1OCC(C)C. The quantitative estimate of drug-likeness (QED) is 0.568. The summed E-state index contributed by atoms with van der Waals surface area (Å²) >= 11 is 0. The third-order valence-corrected chi connectivity index (χ3v) is 2.03. The van der Waals surface area contributed by atoms with Gasteiger partial charge >= 0.3 is 0 Å². The summed E-state index contributed by atoms with van der Waals surface area (Å²) in [7, 11) is 0. The van der Waals surface area contributed by atoms with Crippen molar-refractivity contribution in [2.24, 2.45) is 5.92 Å². The predicted molar refractivity (Wildman–Crippen MR) is 47.6 cm³/mol. The Hall–Kier alpha value is -0.300. The summed E-state index contributed by atoms with van der Waals surface area (Å²) in [5.74, 6) is 0.656. The van der Waals surface area contributed by atoms with E-state index in [1.54, 1.807) is 0 Å². The van der Waals surface area contributed by atoms with Gasteiger partial charge in [0.2, 0.25) is 0 Å². The fourth-order valence-corrected chi connectivity index (χ4v) is 1.34. The fraction of sp³-hybridized carbons (Fsp3) is 0.800. The summed E-state index contributed by atoms with van der Waals surface area (Å²) < 4.78 is 5.71. The van der Waals surface area contributed by atoms with Gasteiger partial charge in [-0.2, -0.15) is 0 Å². The van der Waals surface area contributed by atoms with Crippen molar-refractivity contribution in [3.8, 4) is 0 Å². The smallest absolute Gasteiger partial charge is 0.0785 e. The van der Waals surface area contributed by atoms with Gasteiger partial charge in [-0.15, -0.1) is 0 Å². The van der Waals surface area contributed by atoms with Crippen molar-refractivity contribution in [1.29, 1.82) is 0 Å². The maximum absolute atomic E-state index is 5.71. The van der Waals surface area contributed by atoms with Gasteiger partial charge in [-0.3, -0.25) is 0 Å². The van der Waals surface area contributed by atoms with Crippen LogP contribution >= 0.6 is 0 Å². The Morgan fingerprint density at radius 1 is 1.64 bits per heavy atom. The summed E-state index contributed by atoms with van der Waals surface area (Å²) in [6.45, 7) is 7.44. The number of hydrogen-bond acceptors (Lipinski definition) is 1. The van der Waals surface area contributed by atoms with Crippen molar-refractivity contribution in [3.05, 3.63) is 11.6 Å². The zero-order valence-corrected chi connectivity index (χ0v) is 7.76. The largest absolute Gasteiger partial charge is 0.374 e. The molecule has 0 aliphatic heterocycles. The van der Waals surface area contributed by atoms with Gasteiger partial charge in [0, 0.05) is 6.61 Å². The lowest BCUT2D eigenvalue weighted by atomic mass is 10.2. The van der Waals surface area contributed by atoms with Gasteiger partial charge in [-0.25, -0.2) is 0 Å². The first-order chi connectivity index (χ1) is 5.20. The highest BCUT2D eigenvalue weighted by Gasteiger charge is 2.15. The number of ether oxygens (including phenoxy) is 1. The van der Waals surface area contributed by atoms with Crippen LogP contribution in [0.3, 0.4) is 0 Å². The van der Waals surface area contributed by atoms with Crippen LogP contribution in [-0.4, -0.2) is 12.7 Å². The normalized spacial score (nSPS) is 24.4. The van der Waals surface area contributed by atoms with Crippen LogP contribution < -0.4 is 0 Å². The van der Waals surface area contributed by atoms with E-state index in [1.165, 1.54) is 18.4 Å². The topological polar surface area (TPSA) is 9.23 Å². The zero-order valence-electron chi connectivity index (χ0n) is 7.76. The molecule has 11 heavy (non-hydrogen) atoms. The first-order valence-electron chi connectivity index (χ1n) is 4.48. The van der Waals surface area contributed by atoms with E-state index in [0.717, 1.165) is 6.61 Å². The molecule has 0 aromatic heterocycles. The molecule has 0 radical (unpaired) electrons. The molecule has 0 heterocycles. The molecule has 1 heteroatoms. The van der Waals surface area contributed by atoms with Crippen molar-refractivity contribution in [2.75, 3.05) is 6.61 Å². The summed E-state index contributed by atoms with van der Waals surface area (Å²) in [4.78, 5) is 0. The first kappa shape index (κ1) is 8.79. The fourth-order valence-electron chi connectivity index (χ4n) is 1.34. The van der Waals surface area contributed by atoms with Crippen molar-refractivity contribution >= 4 is 0 Å². The third-order valence-electron chi connectivity index (χ3n) is 2.03. The van der Waals surface area contributed by atoms with Gasteiger partial charge in [0.25, 0.3) is 0 Å². The highest BCUT2D eigenvalue weighted by atomic mass is 16.5. The molecule has 1 unspecified atom stereocenters. The molecule has 1 rings (SSSR count). The van der Waals surface area contributed by atoms with Crippen LogP contribution in [0.5, 0.6) is 0 Å². The predicted octanol–water partition coefficient (Wildman–Crippen LogP) is 2.77. The lowest BCUT2D eigenvalue weighted by Gasteiger charge is -2.14. The van der Waals surface area contributed by atoms with Crippen LogP contribution in [-0.2, 0) is 4.74 Å². The molecule has 0 saturated carbocycles. The van der Waals surface area contributed by atoms with E-state index in [-0.39, 0.29) is 0 Å². The van der Waals surface area contributed by atoms with Crippen LogP contribution in [0.1, 0.15) is 33.6 Å². The van der Waals surface area contributed by atoms with Gasteiger partial charge < -0.3 is 4.74 Å². The van der Waals surface area contributed by atoms with Crippen LogP contribution in [0, 0.1) is 5.92 Å². The van der Waals surface area contributed by atoms with E-state index >= 15 is 0 Å². The maximum Gasteiger partial charge on any atom is 0.0785 e. The van der Waals surface area contributed by atoms with Crippen LogP contribution in [0.15, 0.2) is 11.6 Å².